The zero-order valence-electron chi connectivity index (χ0n) is 7.36. The predicted octanol–water partition coefficient (Wildman–Crippen LogP) is 0.515. The zero-order valence-corrected chi connectivity index (χ0v) is 8.94. The number of hydrogen-bond donors (Lipinski definition) is 1. The molecule has 13 heavy (non-hydrogen) atoms. The van der Waals surface area contributed by atoms with Crippen LogP contribution in [-0.4, -0.2) is 42.0 Å². The number of nitrogens with two attached hydrogens (primary N) is 1. The fraction of sp³-hybridized carbons (Fsp3) is 0.625. The lowest BCUT2D eigenvalue weighted by molar-refractivity contribution is 0.0493. The van der Waals surface area contributed by atoms with E-state index in [1.807, 2.05) is 12.4 Å². The first-order chi connectivity index (χ1) is 6.25. The van der Waals surface area contributed by atoms with Crippen LogP contribution in [0.3, 0.4) is 0 Å². The summed E-state index contributed by atoms with van der Waals surface area (Å²) < 4.78 is 1.01. The van der Waals surface area contributed by atoms with E-state index in [0.29, 0.717) is 12.7 Å². The molecule has 2 aliphatic rings. The van der Waals surface area contributed by atoms with E-state index >= 15 is 0 Å². The second-order valence-electron chi connectivity index (χ2n) is 3.37. The van der Waals surface area contributed by atoms with Crippen molar-refractivity contribution in [1.82, 2.24) is 10.0 Å². The number of hydrogen-bond acceptors (Lipinski definition) is 4. The Bertz CT molecular complexity index is 251. The van der Waals surface area contributed by atoms with Gasteiger partial charge in [-0.15, -0.1) is 0 Å². The average molecular weight is 245 g/mol. The van der Waals surface area contributed by atoms with E-state index in [2.05, 4.69) is 30.9 Å². The fourth-order valence-electron chi connectivity index (χ4n) is 1.60. The van der Waals surface area contributed by atoms with Gasteiger partial charge in [-0.2, -0.15) is 0 Å². The van der Waals surface area contributed by atoms with Gasteiger partial charge in [-0.05, 0) is 22.4 Å². The van der Waals surface area contributed by atoms with E-state index in [9.17, 15) is 0 Å². The van der Waals surface area contributed by atoms with Crippen molar-refractivity contribution in [3.8, 4) is 0 Å². The van der Waals surface area contributed by atoms with Crippen LogP contribution in [0.5, 0.6) is 0 Å². The van der Waals surface area contributed by atoms with Crippen molar-refractivity contribution in [3.63, 3.8) is 0 Å². The maximum Gasteiger partial charge on any atom is 0.124 e. The minimum Gasteiger partial charge on any atom is -0.326 e. The van der Waals surface area contributed by atoms with Gasteiger partial charge in [-0.1, -0.05) is 0 Å². The van der Waals surface area contributed by atoms with Crippen LogP contribution in [0.4, 0.5) is 0 Å². The Kier molecular flexibility index (Phi) is 2.66. The van der Waals surface area contributed by atoms with Crippen molar-refractivity contribution < 1.29 is 0 Å². The van der Waals surface area contributed by atoms with Gasteiger partial charge in [-0.25, -0.2) is 5.01 Å². The van der Waals surface area contributed by atoms with Gasteiger partial charge < -0.3 is 5.73 Å². The highest BCUT2D eigenvalue weighted by atomic mass is 79.9. The smallest absolute Gasteiger partial charge is 0.124 e. The summed E-state index contributed by atoms with van der Waals surface area (Å²) in [6.07, 6.45) is 4.95. The molecule has 1 saturated heterocycles. The van der Waals surface area contributed by atoms with Crippen molar-refractivity contribution >= 4 is 22.1 Å². The molecule has 0 bridgehead atoms. The minimum absolute atomic E-state index is 0.318. The Balaban J connectivity index is 1.98. The molecule has 0 saturated carbocycles. The van der Waals surface area contributed by atoms with Crippen LogP contribution in [0.1, 0.15) is 6.42 Å². The average Bonchev–Trinajstić information content (AvgIpc) is 2.52. The topological polar surface area (TPSA) is 44.9 Å². The van der Waals surface area contributed by atoms with Crippen LogP contribution in [-0.2, 0) is 0 Å². The number of allylic oxidation sites excluding steroid dienone is 1. The first kappa shape index (κ1) is 9.18. The molecule has 0 aromatic rings. The van der Waals surface area contributed by atoms with E-state index in [1.54, 1.807) is 0 Å². The molecule has 0 aliphatic carbocycles. The van der Waals surface area contributed by atoms with E-state index in [-0.39, 0.29) is 0 Å². The molecular weight excluding hydrogens is 232 g/mol. The number of halogens is 1. The van der Waals surface area contributed by atoms with Crippen LogP contribution in [0.2, 0.25) is 0 Å². The number of rotatable bonds is 1. The summed E-state index contributed by atoms with van der Waals surface area (Å²) in [5.41, 5.74) is 5.83. The van der Waals surface area contributed by atoms with E-state index < -0.39 is 0 Å². The van der Waals surface area contributed by atoms with Gasteiger partial charge in [0, 0.05) is 31.5 Å². The molecule has 0 amide bonds. The maximum atomic E-state index is 5.83. The molecule has 4 nitrogen and oxygen atoms in total. The third-order valence-corrected chi connectivity index (χ3v) is 2.69. The van der Waals surface area contributed by atoms with Gasteiger partial charge in [0.25, 0.3) is 0 Å². The molecule has 2 N–H and O–H groups in total. The summed E-state index contributed by atoms with van der Waals surface area (Å²) in [4.78, 5) is 4.21. The minimum atomic E-state index is 0.318. The van der Waals surface area contributed by atoms with E-state index in [1.165, 1.54) is 0 Å². The fourth-order valence-corrected chi connectivity index (χ4v) is 1.98. The van der Waals surface area contributed by atoms with Gasteiger partial charge in [0.1, 0.15) is 6.67 Å². The molecule has 1 unspecified atom stereocenters. The van der Waals surface area contributed by atoms with Gasteiger partial charge in [-0.3, -0.25) is 10.0 Å². The quantitative estimate of drug-likeness (QED) is 0.732. The lowest BCUT2D eigenvalue weighted by Crippen LogP contribution is -2.40. The number of hydrazine groups is 1. The highest BCUT2D eigenvalue weighted by Gasteiger charge is 2.23. The molecule has 0 spiro atoms. The second-order valence-corrected chi connectivity index (χ2v) is 4.28. The lowest BCUT2D eigenvalue weighted by Gasteiger charge is -2.30. The van der Waals surface area contributed by atoms with Gasteiger partial charge in [0.2, 0.25) is 0 Å². The highest BCUT2D eigenvalue weighted by molar-refractivity contribution is 9.12. The predicted molar refractivity (Wildman–Crippen MR) is 56.4 cm³/mol. The van der Waals surface area contributed by atoms with Crippen molar-refractivity contribution in [2.75, 3.05) is 19.8 Å². The van der Waals surface area contributed by atoms with Crippen molar-refractivity contribution in [3.05, 3.63) is 10.7 Å². The third-order valence-electron chi connectivity index (χ3n) is 2.28. The van der Waals surface area contributed by atoms with Crippen LogP contribution < -0.4 is 5.73 Å². The maximum absolute atomic E-state index is 5.83. The molecule has 2 aliphatic heterocycles. The molecule has 0 radical (unpaired) electrons. The van der Waals surface area contributed by atoms with Crippen LogP contribution in [0, 0.1) is 0 Å². The van der Waals surface area contributed by atoms with Crippen molar-refractivity contribution in [2.24, 2.45) is 10.7 Å². The molecule has 1 fully saturated rings. The summed E-state index contributed by atoms with van der Waals surface area (Å²) in [6, 6.07) is 0.318. The van der Waals surface area contributed by atoms with Crippen LogP contribution in [0.25, 0.3) is 0 Å². The zero-order chi connectivity index (χ0) is 9.26. The Morgan fingerprint density at radius 1 is 1.62 bits per heavy atom. The lowest BCUT2D eigenvalue weighted by atomic mass is 10.3. The van der Waals surface area contributed by atoms with Crippen LogP contribution in [0.15, 0.2) is 15.7 Å². The van der Waals surface area contributed by atoms with E-state index in [4.69, 9.17) is 5.73 Å². The summed E-state index contributed by atoms with van der Waals surface area (Å²) in [5.74, 6) is 0. The largest absolute Gasteiger partial charge is 0.326 e. The molecule has 5 heteroatoms. The molecule has 72 valence electrons. The van der Waals surface area contributed by atoms with Crippen molar-refractivity contribution in [1.29, 1.82) is 0 Å². The molecule has 1 atom stereocenters. The van der Waals surface area contributed by atoms with Gasteiger partial charge in [0.05, 0.1) is 4.48 Å². The second kappa shape index (κ2) is 3.77. The normalized spacial score (nSPS) is 29.5. The van der Waals surface area contributed by atoms with E-state index in [0.717, 1.165) is 24.0 Å². The van der Waals surface area contributed by atoms with Gasteiger partial charge >= 0.3 is 0 Å². The Hall–Kier alpha value is -0.390. The molecule has 0 aromatic heterocycles. The molecule has 2 rings (SSSR count). The summed E-state index contributed by atoms with van der Waals surface area (Å²) in [7, 11) is 0. The SMILES string of the molecule is NC1CCN(N2C=C(Br)C=NC2)C1. The number of aliphatic imine (C=N–C) groups is 1. The summed E-state index contributed by atoms with van der Waals surface area (Å²) in [5, 5.41) is 4.35. The molecule has 0 aromatic carbocycles. The highest BCUT2D eigenvalue weighted by Crippen LogP contribution is 2.16. The standard InChI is InChI=1S/C8H13BrN4/c9-7-3-11-6-13(4-7)12-2-1-8(10)5-12/h3-4,8H,1-2,5-6,10H2. The molecular formula is C8H13BrN4. The Morgan fingerprint density at radius 2 is 2.46 bits per heavy atom. The van der Waals surface area contributed by atoms with Crippen LogP contribution >= 0.6 is 15.9 Å². The summed E-state index contributed by atoms with van der Waals surface area (Å²) in [6.45, 7) is 2.68. The molecule has 2 heterocycles. The first-order valence-corrected chi connectivity index (χ1v) is 5.19. The first-order valence-electron chi connectivity index (χ1n) is 4.40. The Morgan fingerprint density at radius 3 is 3.08 bits per heavy atom. The number of nitrogens with zero attached hydrogens (tertiary/aromatic N) is 3. The van der Waals surface area contributed by atoms with Crippen molar-refractivity contribution in [2.45, 2.75) is 12.5 Å². The van der Waals surface area contributed by atoms with Gasteiger partial charge in [0.15, 0.2) is 0 Å². The Labute approximate surface area is 86.2 Å². The summed E-state index contributed by atoms with van der Waals surface area (Å²) >= 11 is 3.40. The third kappa shape index (κ3) is 2.10. The monoisotopic (exact) mass is 244 g/mol.